The van der Waals surface area contributed by atoms with Crippen molar-refractivity contribution in [2.75, 3.05) is 0 Å². The Morgan fingerprint density at radius 1 is 1.00 bits per heavy atom. The third-order valence-corrected chi connectivity index (χ3v) is 2.10. The zero-order valence-electron chi connectivity index (χ0n) is 6.75. The fraction of sp³-hybridized carbons (Fsp3) is 0.286. The molecular formula is C7H2BrF6N. The van der Waals surface area contributed by atoms with Crippen LogP contribution in [-0.2, 0) is 12.4 Å². The molecule has 0 unspecified atom stereocenters. The van der Waals surface area contributed by atoms with Crippen LogP contribution in [0.2, 0.25) is 0 Å². The molecule has 0 N–H and O–H groups in total. The van der Waals surface area contributed by atoms with Crippen molar-refractivity contribution in [3.8, 4) is 0 Å². The molecule has 0 radical (unpaired) electrons. The predicted octanol–water partition coefficient (Wildman–Crippen LogP) is 3.88. The van der Waals surface area contributed by atoms with Gasteiger partial charge in [-0.05, 0) is 22.0 Å². The van der Waals surface area contributed by atoms with Gasteiger partial charge in [-0.15, -0.1) is 0 Å². The van der Waals surface area contributed by atoms with Gasteiger partial charge in [0.1, 0.15) is 4.60 Å². The Morgan fingerprint density at radius 3 is 1.93 bits per heavy atom. The van der Waals surface area contributed by atoms with Gasteiger partial charge in [0.2, 0.25) is 0 Å². The lowest BCUT2D eigenvalue weighted by Gasteiger charge is -2.11. The Balaban J connectivity index is 3.30. The van der Waals surface area contributed by atoms with Crippen molar-refractivity contribution in [1.29, 1.82) is 0 Å². The Kier molecular flexibility index (Phi) is 2.99. The third kappa shape index (κ3) is 2.83. The molecule has 0 atom stereocenters. The first kappa shape index (κ1) is 12.3. The molecular weight excluding hydrogens is 292 g/mol. The van der Waals surface area contributed by atoms with E-state index in [2.05, 4.69) is 20.9 Å². The zero-order chi connectivity index (χ0) is 11.9. The number of pyridine rings is 1. The van der Waals surface area contributed by atoms with Gasteiger partial charge >= 0.3 is 12.4 Å². The number of hydrogen-bond acceptors (Lipinski definition) is 1. The molecule has 0 aliphatic carbocycles. The maximum absolute atomic E-state index is 12.2. The molecule has 0 amide bonds. The van der Waals surface area contributed by atoms with Gasteiger partial charge in [0.05, 0.1) is 11.1 Å². The summed E-state index contributed by atoms with van der Waals surface area (Å²) in [7, 11) is 0. The minimum absolute atomic E-state index is 0.0110. The van der Waals surface area contributed by atoms with E-state index in [9.17, 15) is 26.3 Å². The molecule has 15 heavy (non-hydrogen) atoms. The first-order chi connectivity index (χ1) is 6.62. The predicted molar refractivity (Wildman–Crippen MR) is 41.9 cm³/mol. The maximum Gasteiger partial charge on any atom is 0.419 e. The summed E-state index contributed by atoms with van der Waals surface area (Å²) in [6.45, 7) is 0. The van der Waals surface area contributed by atoms with Crippen molar-refractivity contribution in [3.05, 3.63) is 28.0 Å². The summed E-state index contributed by atoms with van der Waals surface area (Å²) in [4.78, 5) is 2.99. The van der Waals surface area contributed by atoms with Gasteiger partial charge in [-0.2, -0.15) is 26.3 Å². The number of nitrogens with zero attached hydrogens (tertiary/aromatic N) is 1. The Hall–Kier alpha value is -0.790. The molecule has 0 saturated carbocycles. The SMILES string of the molecule is FC(F)(F)c1cnc(Br)c(C(F)(F)F)c1. The number of rotatable bonds is 0. The number of alkyl halides is 6. The van der Waals surface area contributed by atoms with Crippen molar-refractivity contribution in [2.45, 2.75) is 12.4 Å². The van der Waals surface area contributed by atoms with Crippen LogP contribution in [0.4, 0.5) is 26.3 Å². The zero-order valence-corrected chi connectivity index (χ0v) is 8.33. The van der Waals surface area contributed by atoms with E-state index >= 15 is 0 Å². The molecule has 0 saturated heterocycles. The summed E-state index contributed by atoms with van der Waals surface area (Å²) in [6.07, 6.45) is -9.37. The summed E-state index contributed by atoms with van der Waals surface area (Å²) in [5, 5.41) is 0. The molecule has 0 aromatic carbocycles. The monoisotopic (exact) mass is 293 g/mol. The summed E-state index contributed by atoms with van der Waals surface area (Å²) in [5.41, 5.74) is -2.88. The average Bonchev–Trinajstić information content (AvgIpc) is 2.00. The molecule has 0 bridgehead atoms. The van der Waals surface area contributed by atoms with Crippen molar-refractivity contribution in [1.82, 2.24) is 4.98 Å². The van der Waals surface area contributed by atoms with Crippen LogP contribution in [0, 0.1) is 0 Å². The van der Waals surface area contributed by atoms with Crippen molar-refractivity contribution >= 4 is 15.9 Å². The molecule has 0 spiro atoms. The van der Waals surface area contributed by atoms with Crippen molar-refractivity contribution < 1.29 is 26.3 Å². The molecule has 1 heterocycles. The highest BCUT2D eigenvalue weighted by Crippen LogP contribution is 2.37. The third-order valence-electron chi connectivity index (χ3n) is 1.47. The van der Waals surface area contributed by atoms with E-state index in [1.165, 1.54) is 0 Å². The van der Waals surface area contributed by atoms with Crippen LogP contribution in [0.3, 0.4) is 0 Å². The summed E-state index contributed by atoms with van der Waals surface area (Å²) >= 11 is 2.43. The fourth-order valence-corrected chi connectivity index (χ4v) is 1.24. The quantitative estimate of drug-likeness (QED) is 0.522. The molecule has 84 valence electrons. The van der Waals surface area contributed by atoms with E-state index in [0.717, 1.165) is 0 Å². The maximum atomic E-state index is 12.2. The molecule has 1 nitrogen and oxygen atoms in total. The Bertz CT molecular complexity index is 369. The number of hydrogen-bond donors (Lipinski definition) is 0. The van der Waals surface area contributed by atoms with Crippen LogP contribution < -0.4 is 0 Å². The number of aromatic nitrogens is 1. The Morgan fingerprint density at radius 2 is 1.53 bits per heavy atom. The standard InChI is InChI=1S/C7H2BrF6N/c8-5-4(7(12,13)14)1-3(2-15-5)6(9,10)11/h1-2H. The second kappa shape index (κ2) is 3.66. The van der Waals surface area contributed by atoms with Crippen LogP contribution in [0.25, 0.3) is 0 Å². The minimum Gasteiger partial charge on any atom is -0.248 e. The van der Waals surface area contributed by atoms with Crippen LogP contribution in [0.1, 0.15) is 11.1 Å². The van der Waals surface area contributed by atoms with Gasteiger partial charge in [0.25, 0.3) is 0 Å². The Labute approximate surface area is 88.2 Å². The average molecular weight is 294 g/mol. The number of halogens is 7. The van der Waals surface area contributed by atoms with Gasteiger partial charge in [-0.3, -0.25) is 0 Å². The molecule has 1 aromatic rings. The van der Waals surface area contributed by atoms with Gasteiger partial charge in [0, 0.05) is 6.20 Å². The second-order valence-electron chi connectivity index (χ2n) is 2.56. The summed E-state index contributed by atoms with van der Waals surface area (Å²) in [6, 6.07) is 0.0110. The van der Waals surface area contributed by atoms with E-state index in [1.54, 1.807) is 0 Å². The molecule has 8 heteroatoms. The molecule has 0 fully saturated rings. The van der Waals surface area contributed by atoms with E-state index in [0.29, 0.717) is 6.20 Å². The second-order valence-corrected chi connectivity index (χ2v) is 3.31. The highest BCUT2D eigenvalue weighted by Gasteiger charge is 2.38. The lowest BCUT2D eigenvalue weighted by molar-refractivity contribution is -0.143. The van der Waals surface area contributed by atoms with E-state index in [-0.39, 0.29) is 6.07 Å². The largest absolute Gasteiger partial charge is 0.419 e. The first-order valence-electron chi connectivity index (χ1n) is 3.42. The van der Waals surface area contributed by atoms with Gasteiger partial charge in [-0.1, -0.05) is 0 Å². The lowest BCUT2D eigenvalue weighted by atomic mass is 10.2. The molecule has 0 aliphatic heterocycles. The molecule has 1 aromatic heterocycles. The molecule has 0 aliphatic rings. The fourth-order valence-electron chi connectivity index (χ4n) is 0.802. The van der Waals surface area contributed by atoms with Crippen LogP contribution in [-0.4, -0.2) is 4.98 Å². The minimum atomic E-state index is -4.87. The molecule has 1 rings (SSSR count). The van der Waals surface area contributed by atoms with Crippen LogP contribution in [0.15, 0.2) is 16.9 Å². The van der Waals surface area contributed by atoms with Gasteiger partial charge in [0.15, 0.2) is 0 Å². The topological polar surface area (TPSA) is 12.9 Å². The van der Waals surface area contributed by atoms with E-state index in [1.807, 2.05) is 0 Å². The van der Waals surface area contributed by atoms with Gasteiger partial charge < -0.3 is 0 Å². The van der Waals surface area contributed by atoms with Crippen LogP contribution >= 0.6 is 15.9 Å². The summed E-state index contributed by atoms with van der Waals surface area (Å²) < 4.78 is 72.1. The van der Waals surface area contributed by atoms with Gasteiger partial charge in [-0.25, -0.2) is 4.98 Å². The smallest absolute Gasteiger partial charge is 0.248 e. The van der Waals surface area contributed by atoms with E-state index < -0.39 is 28.1 Å². The van der Waals surface area contributed by atoms with E-state index in [4.69, 9.17) is 0 Å². The highest BCUT2D eigenvalue weighted by molar-refractivity contribution is 9.10. The van der Waals surface area contributed by atoms with Crippen LogP contribution in [0.5, 0.6) is 0 Å². The first-order valence-corrected chi connectivity index (χ1v) is 4.21. The van der Waals surface area contributed by atoms with Crippen molar-refractivity contribution in [2.24, 2.45) is 0 Å². The normalized spacial score (nSPS) is 13.0. The lowest BCUT2D eigenvalue weighted by Crippen LogP contribution is -2.12. The summed E-state index contributed by atoms with van der Waals surface area (Å²) in [5.74, 6) is 0. The van der Waals surface area contributed by atoms with Crippen molar-refractivity contribution in [3.63, 3.8) is 0 Å². The highest BCUT2D eigenvalue weighted by atomic mass is 79.9.